The first-order chi connectivity index (χ1) is 12.2. The summed E-state index contributed by atoms with van der Waals surface area (Å²) in [5, 5.41) is 3.50. The standard InChI is InChI=1S/C20H24ClFN2O2/c1-20(2,26-17-10-8-15(21)9-11-17)19(25)23-13-18(24(3)4)14-6-5-7-16(22)12-14/h5-12,18H,13H2,1-4H3,(H,23,25). The monoisotopic (exact) mass is 378 g/mol. The number of benzene rings is 2. The van der Waals surface area contributed by atoms with Gasteiger partial charge in [0.05, 0.1) is 6.04 Å². The van der Waals surface area contributed by atoms with Crippen LogP contribution in [0.3, 0.4) is 0 Å². The maximum absolute atomic E-state index is 13.5. The van der Waals surface area contributed by atoms with Gasteiger partial charge in [-0.05, 0) is 69.9 Å². The first kappa shape index (κ1) is 20.2. The lowest BCUT2D eigenvalue weighted by Gasteiger charge is -2.29. The molecule has 0 aliphatic carbocycles. The van der Waals surface area contributed by atoms with Gasteiger partial charge in [-0.3, -0.25) is 4.79 Å². The van der Waals surface area contributed by atoms with Gasteiger partial charge in [-0.25, -0.2) is 4.39 Å². The van der Waals surface area contributed by atoms with Gasteiger partial charge in [0.25, 0.3) is 5.91 Å². The van der Waals surface area contributed by atoms with E-state index in [1.807, 2.05) is 25.1 Å². The van der Waals surface area contributed by atoms with Crippen molar-refractivity contribution < 1.29 is 13.9 Å². The second kappa shape index (κ2) is 8.52. The molecule has 2 aromatic carbocycles. The van der Waals surface area contributed by atoms with Crippen molar-refractivity contribution in [2.24, 2.45) is 0 Å². The number of ether oxygens (including phenoxy) is 1. The summed E-state index contributed by atoms with van der Waals surface area (Å²) >= 11 is 5.86. The molecule has 0 heterocycles. The number of carbonyl (C=O) groups is 1. The molecule has 0 fully saturated rings. The summed E-state index contributed by atoms with van der Waals surface area (Å²) in [6.07, 6.45) is 0. The van der Waals surface area contributed by atoms with E-state index in [-0.39, 0.29) is 17.8 Å². The normalized spacial score (nSPS) is 12.7. The highest BCUT2D eigenvalue weighted by Gasteiger charge is 2.30. The molecule has 0 bridgehead atoms. The molecule has 0 saturated carbocycles. The Balaban J connectivity index is 2.03. The first-order valence-corrected chi connectivity index (χ1v) is 8.71. The summed E-state index contributed by atoms with van der Waals surface area (Å²) < 4.78 is 19.3. The molecule has 1 amide bonds. The van der Waals surface area contributed by atoms with E-state index in [0.717, 1.165) is 5.56 Å². The molecule has 1 unspecified atom stereocenters. The molecule has 26 heavy (non-hydrogen) atoms. The fourth-order valence-electron chi connectivity index (χ4n) is 2.56. The molecule has 0 spiro atoms. The molecule has 2 rings (SSSR count). The molecule has 0 radical (unpaired) electrons. The van der Waals surface area contributed by atoms with Crippen LogP contribution < -0.4 is 10.1 Å². The van der Waals surface area contributed by atoms with Gasteiger partial charge in [0.15, 0.2) is 5.60 Å². The minimum Gasteiger partial charge on any atom is -0.478 e. The van der Waals surface area contributed by atoms with E-state index in [0.29, 0.717) is 17.3 Å². The Morgan fingerprint density at radius 3 is 2.46 bits per heavy atom. The Morgan fingerprint density at radius 2 is 1.88 bits per heavy atom. The molecule has 2 aromatic rings. The summed E-state index contributed by atoms with van der Waals surface area (Å²) in [5.74, 6) is 0.00613. The number of nitrogens with zero attached hydrogens (tertiary/aromatic N) is 1. The molecule has 0 aliphatic heterocycles. The minimum absolute atomic E-state index is 0.152. The van der Waals surface area contributed by atoms with E-state index in [1.165, 1.54) is 12.1 Å². The van der Waals surface area contributed by atoms with Crippen molar-refractivity contribution in [2.75, 3.05) is 20.6 Å². The van der Waals surface area contributed by atoms with Crippen molar-refractivity contribution in [3.05, 3.63) is 64.9 Å². The van der Waals surface area contributed by atoms with Crippen LogP contribution in [0.25, 0.3) is 0 Å². The van der Waals surface area contributed by atoms with Crippen LogP contribution >= 0.6 is 11.6 Å². The number of hydrogen-bond acceptors (Lipinski definition) is 3. The number of nitrogens with one attached hydrogen (secondary N) is 1. The minimum atomic E-state index is -1.06. The van der Waals surface area contributed by atoms with Gasteiger partial charge >= 0.3 is 0 Å². The molecule has 6 heteroatoms. The van der Waals surface area contributed by atoms with Gasteiger partial charge in [-0.1, -0.05) is 23.7 Å². The van der Waals surface area contributed by atoms with E-state index >= 15 is 0 Å². The van der Waals surface area contributed by atoms with Crippen LogP contribution in [0.1, 0.15) is 25.5 Å². The van der Waals surface area contributed by atoms with Crippen molar-refractivity contribution in [3.63, 3.8) is 0 Å². The Bertz CT molecular complexity index is 748. The quantitative estimate of drug-likeness (QED) is 0.790. The first-order valence-electron chi connectivity index (χ1n) is 8.34. The second-order valence-corrected chi connectivity index (χ2v) is 7.25. The van der Waals surface area contributed by atoms with E-state index in [4.69, 9.17) is 16.3 Å². The number of hydrogen-bond donors (Lipinski definition) is 1. The number of carbonyl (C=O) groups excluding carboxylic acids is 1. The van der Waals surface area contributed by atoms with E-state index in [2.05, 4.69) is 5.32 Å². The lowest BCUT2D eigenvalue weighted by atomic mass is 10.0. The zero-order chi connectivity index (χ0) is 19.3. The maximum Gasteiger partial charge on any atom is 0.263 e. The van der Waals surface area contributed by atoms with Crippen LogP contribution in [0.4, 0.5) is 4.39 Å². The average molecular weight is 379 g/mol. The number of halogens is 2. The topological polar surface area (TPSA) is 41.6 Å². The van der Waals surface area contributed by atoms with Crippen LogP contribution in [-0.4, -0.2) is 37.0 Å². The Kier molecular flexibility index (Phi) is 6.62. The van der Waals surface area contributed by atoms with Crippen molar-refractivity contribution in [1.82, 2.24) is 10.2 Å². The summed E-state index contributed by atoms with van der Waals surface area (Å²) in [6, 6.07) is 13.1. The third-order valence-corrected chi connectivity index (χ3v) is 4.30. The van der Waals surface area contributed by atoms with Crippen LogP contribution in [0.5, 0.6) is 5.75 Å². The Morgan fingerprint density at radius 1 is 1.23 bits per heavy atom. The number of rotatable bonds is 7. The Hall–Kier alpha value is -2.11. The summed E-state index contributed by atoms with van der Waals surface area (Å²) in [4.78, 5) is 14.5. The summed E-state index contributed by atoms with van der Waals surface area (Å²) in [7, 11) is 3.77. The smallest absolute Gasteiger partial charge is 0.263 e. The van der Waals surface area contributed by atoms with Gasteiger partial charge in [-0.15, -0.1) is 0 Å². The van der Waals surface area contributed by atoms with Crippen LogP contribution in [0, 0.1) is 5.82 Å². The van der Waals surface area contributed by atoms with Crippen molar-refractivity contribution >= 4 is 17.5 Å². The third kappa shape index (κ3) is 5.44. The van der Waals surface area contributed by atoms with Gasteiger partial charge in [0, 0.05) is 11.6 Å². The molecule has 0 saturated heterocycles. The predicted molar refractivity (Wildman–Crippen MR) is 102 cm³/mol. The molecule has 0 aliphatic rings. The van der Waals surface area contributed by atoms with Crippen molar-refractivity contribution in [2.45, 2.75) is 25.5 Å². The molecule has 4 nitrogen and oxygen atoms in total. The van der Waals surface area contributed by atoms with Crippen LogP contribution in [-0.2, 0) is 4.79 Å². The van der Waals surface area contributed by atoms with Gasteiger partial charge in [-0.2, -0.15) is 0 Å². The highest BCUT2D eigenvalue weighted by Crippen LogP contribution is 2.22. The number of likely N-dealkylation sites (N-methyl/N-ethyl adjacent to an activating group) is 1. The molecule has 0 aromatic heterocycles. The fraction of sp³-hybridized carbons (Fsp3) is 0.350. The maximum atomic E-state index is 13.5. The lowest BCUT2D eigenvalue weighted by Crippen LogP contribution is -2.48. The van der Waals surface area contributed by atoms with Gasteiger partial charge in [0.2, 0.25) is 0 Å². The zero-order valence-electron chi connectivity index (χ0n) is 15.4. The zero-order valence-corrected chi connectivity index (χ0v) is 16.2. The Labute approximate surface area is 158 Å². The lowest BCUT2D eigenvalue weighted by molar-refractivity contribution is -0.134. The molecule has 1 N–H and O–H groups in total. The van der Waals surface area contributed by atoms with Crippen molar-refractivity contribution in [1.29, 1.82) is 0 Å². The summed E-state index contributed by atoms with van der Waals surface area (Å²) in [6.45, 7) is 3.73. The summed E-state index contributed by atoms with van der Waals surface area (Å²) in [5.41, 5.74) is -0.265. The van der Waals surface area contributed by atoms with E-state index in [1.54, 1.807) is 44.2 Å². The molecule has 1 atom stereocenters. The predicted octanol–water partition coefficient (Wildman–Crippen LogP) is 4.06. The van der Waals surface area contributed by atoms with Gasteiger partial charge in [0.1, 0.15) is 11.6 Å². The van der Waals surface area contributed by atoms with Gasteiger partial charge < -0.3 is 15.0 Å². The largest absolute Gasteiger partial charge is 0.478 e. The highest BCUT2D eigenvalue weighted by atomic mass is 35.5. The van der Waals surface area contributed by atoms with E-state index < -0.39 is 5.60 Å². The number of amides is 1. The molecular formula is C20H24ClFN2O2. The highest BCUT2D eigenvalue weighted by molar-refractivity contribution is 6.30. The van der Waals surface area contributed by atoms with Crippen molar-refractivity contribution in [3.8, 4) is 5.75 Å². The molecule has 140 valence electrons. The van der Waals surface area contributed by atoms with Crippen LogP contribution in [0.2, 0.25) is 5.02 Å². The SMILES string of the molecule is CN(C)C(CNC(=O)C(C)(C)Oc1ccc(Cl)cc1)c1cccc(F)c1. The van der Waals surface area contributed by atoms with Crippen LogP contribution in [0.15, 0.2) is 48.5 Å². The average Bonchev–Trinajstić information content (AvgIpc) is 2.56. The second-order valence-electron chi connectivity index (χ2n) is 6.81. The van der Waals surface area contributed by atoms with E-state index in [9.17, 15) is 9.18 Å². The fourth-order valence-corrected chi connectivity index (χ4v) is 2.68. The molecular weight excluding hydrogens is 355 g/mol. The third-order valence-electron chi connectivity index (χ3n) is 4.05.